The molecule has 0 aliphatic carbocycles. The van der Waals surface area contributed by atoms with Crippen molar-refractivity contribution in [3.8, 4) is 11.5 Å². The summed E-state index contributed by atoms with van der Waals surface area (Å²) in [6, 6.07) is 11.4. The predicted octanol–water partition coefficient (Wildman–Crippen LogP) is 3.68. The number of carbonyl (C=O) groups excluding carboxylic acids is 1. The Kier molecular flexibility index (Phi) is 4.29. The second-order valence-electron chi connectivity index (χ2n) is 4.83. The van der Waals surface area contributed by atoms with E-state index in [4.69, 9.17) is 4.42 Å². The van der Waals surface area contributed by atoms with Gasteiger partial charge >= 0.3 is 0 Å². The summed E-state index contributed by atoms with van der Waals surface area (Å²) >= 11 is 1.67. The molecule has 1 aromatic carbocycles. The highest BCUT2D eigenvalue weighted by Gasteiger charge is 2.08. The van der Waals surface area contributed by atoms with Crippen LogP contribution in [-0.4, -0.2) is 16.1 Å². The second kappa shape index (κ2) is 6.53. The lowest BCUT2D eigenvalue weighted by molar-refractivity contribution is -0.116. The van der Waals surface area contributed by atoms with E-state index in [0.717, 1.165) is 17.7 Å². The van der Waals surface area contributed by atoms with Crippen LogP contribution >= 0.6 is 11.3 Å². The molecule has 0 saturated heterocycles. The zero-order valence-electron chi connectivity index (χ0n) is 12.1. The SMILES string of the molecule is Cc1nnc(-c2cccc(NC(=O)CCc3cccs3)c2)o1. The van der Waals surface area contributed by atoms with Gasteiger partial charge in [0.2, 0.25) is 17.7 Å². The molecule has 5 nitrogen and oxygen atoms in total. The summed E-state index contributed by atoms with van der Waals surface area (Å²) in [6.07, 6.45) is 1.22. The molecular formula is C16H15N3O2S. The molecule has 6 heteroatoms. The minimum absolute atomic E-state index is 0.00717. The molecule has 0 aliphatic heterocycles. The Morgan fingerprint density at radius 3 is 2.91 bits per heavy atom. The molecule has 1 amide bonds. The van der Waals surface area contributed by atoms with Gasteiger partial charge in [-0.25, -0.2) is 0 Å². The fourth-order valence-corrected chi connectivity index (χ4v) is 2.77. The average molecular weight is 313 g/mol. The molecule has 3 rings (SSSR count). The van der Waals surface area contributed by atoms with Crippen molar-refractivity contribution in [3.05, 3.63) is 52.5 Å². The van der Waals surface area contributed by atoms with E-state index in [2.05, 4.69) is 15.5 Å². The third-order valence-corrected chi connectivity index (χ3v) is 4.03. The number of anilines is 1. The summed E-state index contributed by atoms with van der Waals surface area (Å²) in [5.74, 6) is 0.958. The molecule has 2 heterocycles. The van der Waals surface area contributed by atoms with Gasteiger partial charge in [0.1, 0.15) is 0 Å². The van der Waals surface area contributed by atoms with Crippen molar-refractivity contribution >= 4 is 22.9 Å². The van der Waals surface area contributed by atoms with Gasteiger partial charge in [-0.2, -0.15) is 0 Å². The Balaban J connectivity index is 1.63. The Bertz CT molecular complexity index is 765. The van der Waals surface area contributed by atoms with Crippen molar-refractivity contribution in [2.45, 2.75) is 19.8 Å². The largest absolute Gasteiger partial charge is 0.421 e. The van der Waals surface area contributed by atoms with Gasteiger partial charge in [-0.3, -0.25) is 4.79 Å². The first-order valence-corrected chi connectivity index (χ1v) is 7.81. The zero-order chi connectivity index (χ0) is 15.4. The number of nitrogens with one attached hydrogen (secondary N) is 1. The van der Waals surface area contributed by atoms with Crippen LogP contribution in [0.4, 0.5) is 5.69 Å². The molecule has 0 saturated carbocycles. The van der Waals surface area contributed by atoms with E-state index >= 15 is 0 Å². The number of amides is 1. The molecular weight excluding hydrogens is 298 g/mol. The zero-order valence-corrected chi connectivity index (χ0v) is 12.9. The molecule has 3 aromatic rings. The minimum Gasteiger partial charge on any atom is -0.421 e. The first-order valence-electron chi connectivity index (χ1n) is 6.93. The van der Waals surface area contributed by atoms with Crippen molar-refractivity contribution in [1.82, 2.24) is 10.2 Å². The lowest BCUT2D eigenvalue weighted by atomic mass is 10.2. The van der Waals surface area contributed by atoms with Crippen LogP contribution < -0.4 is 5.32 Å². The quantitative estimate of drug-likeness (QED) is 0.780. The molecule has 0 spiro atoms. The van der Waals surface area contributed by atoms with Gasteiger partial charge in [-0.1, -0.05) is 12.1 Å². The summed E-state index contributed by atoms with van der Waals surface area (Å²) in [7, 11) is 0. The van der Waals surface area contributed by atoms with E-state index in [1.807, 2.05) is 41.8 Å². The molecule has 2 aromatic heterocycles. The fourth-order valence-electron chi connectivity index (χ4n) is 2.06. The molecule has 0 atom stereocenters. The molecule has 0 aliphatic rings. The highest BCUT2D eigenvalue weighted by atomic mass is 32.1. The highest BCUT2D eigenvalue weighted by molar-refractivity contribution is 7.09. The normalized spacial score (nSPS) is 10.6. The Labute approximate surface area is 132 Å². The van der Waals surface area contributed by atoms with Crippen molar-refractivity contribution in [2.75, 3.05) is 5.32 Å². The molecule has 22 heavy (non-hydrogen) atoms. The van der Waals surface area contributed by atoms with E-state index in [0.29, 0.717) is 18.2 Å². The monoisotopic (exact) mass is 313 g/mol. The number of aromatic nitrogens is 2. The van der Waals surface area contributed by atoms with Gasteiger partial charge in [-0.15, -0.1) is 21.5 Å². The Morgan fingerprint density at radius 1 is 1.27 bits per heavy atom. The Hall–Kier alpha value is -2.47. The van der Waals surface area contributed by atoms with E-state index < -0.39 is 0 Å². The van der Waals surface area contributed by atoms with Crippen molar-refractivity contribution in [1.29, 1.82) is 0 Å². The summed E-state index contributed by atoms with van der Waals surface area (Å²) in [4.78, 5) is 13.2. The van der Waals surface area contributed by atoms with Gasteiger partial charge in [0.25, 0.3) is 0 Å². The summed E-state index contributed by atoms with van der Waals surface area (Å²) in [6.45, 7) is 1.74. The third-order valence-electron chi connectivity index (χ3n) is 3.10. The second-order valence-corrected chi connectivity index (χ2v) is 5.87. The number of hydrogen-bond donors (Lipinski definition) is 1. The number of benzene rings is 1. The van der Waals surface area contributed by atoms with E-state index in [1.165, 1.54) is 4.88 Å². The number of rotatable bonds is 5. The van der Waals surface area contributed by atoms with E-state index in [9.17, 15) is 4.79 Å². The van der Waals surface area contributed by atoms with Crippen molar-refractivity contribution < 1.29 is 9.21 Å². The maximum atomic E-state index is 12.0. The van der Waals surface area contributed by atoms with E-state index in [1.54, 1.807) is 18.3 Å². The number of aryl methyl sites for hydroxylation is 2. The number of thiophene rings is 1. The summed E-state index contributed by atoms with van der Waals surface area (Å²) in [5.41, 5.74) is 1.51. The van der Waals surface area contributed by atoms with Crippen molar-refractivity contribution in [2.24, 2.45) is 0 Å². The molecule has 112 valence electrons. The molecule has 0 radical (unpaired) electrons. The molecule has 0 fully saturated rings. The van der Waals surface area contributed by atoms with Gasteiger partial charge in [0, 0.05) is 29.5 Å². The highest BCUT2D eigenvalue weighted by Crippen LogP contribution is 2.21. The van der Waals surface area contributed by atoms with Crippen LogP contribution in [0.1, 0.15) is 17.2 Å². The van der Waals surface area contributed by atoms with E-state index in [-0.39, 0.29) is 5.91 Å². The van der Waals surface area contributed by atoms with Crippen LogP contribution in [0.25, 0.3) is 11.5 Å². The molecule has 1 N–H and O–H groups in total. The third kappa shape index (κ3) is 3.59. The lowest BCUT2D eigenvalue weighted by Crippen LogP contribution is -2.12. The summed E-state index contributed by atoms with van der Waals surface area (Å²) in [5, 5.41) is 12.7. The average Bonchev–Trinajstić information content (AvgIpc) is 3.17. The number of carbonyl (C=O) groups is 1. The first kappa shape index (κ1) is 14.5. The van der Waals surface area contributed by atoms with Gasteiger partial charge in [-0.05, 0) is 36.1 Å². The minimum atomic E-state index is -0.00717. The molecule has 0 bridgehead atoms. The number of nitrogens with zero attached hydrogens (tertiary/aromatic N) is 2. The smallest absolute Gasteiger partial charge is 0.247 e. The Morgan fingerprint density at radius 2 is 2.18 bits per heavy atom. The first-order chi connectivity index (χ1) is 10.7. The standard InChI is InChI=1S/C16H15N3O2S/c1-11-18-19-16(21-11)12-4-2-5-13(10-12)17-15(20)8-7-14-6-3-9-22-14/h2-6,9-10H,7-8H2,1H3,(H,17,20). The van der Waals surface area contributed by atoms with Crippen LogP contribution in [0.3, 0.4) is 0 Å². The van der Waals surface area contributed by atoms with Crippen molar-refractivity contribution in [3.63, 3.8) is 0 Å². The van der Waals surface area contributed by atoms with Crippen LogP contribution in [0.2, 0.25) is 0 Å². The molecule has 0 unspecified atom stereocenters. The van der Waals surface area contributed by atoms with Gasteiger partial charge < -0.3 is 9.73 Å². The fraction of sp³-hybridized carbons (Fsp3) is 0.188. The van der Waals surface area contributed by atoms with Gasteiger partial charge in [0.05, 0.1) is 0 Å². The van der Waals surface area contributed by atoms with Gasteiger partial charge in [0.15, 0.2) is 0 Å². The predicted molar refractivity (Wildman–Crippen MR) is 85.7 cm³/mol. The van der Waals surface area contributed by atoms with Crippen LogP contribution in [-0.2, 0) is 11.2 Å². The van der Waals surface area contributed by atoms with Crippen LogP contribution in [0, 0.1) is 6.92 Å². The topological polar surface area (TPSA) is 68.0 Å². The number of hydrogen-bond acceptors (Lipinski definition) is 5. The summed E-state index contributed by atoms with van der Waals surface area (Å²) < 4.78 is 5.39. The van der Waals surface area contributed by atoms with Crippen LogP contribution in [0.15, 0.2) is 46.2 Å². The van der Waals surface area contributed by atoms with Crippen LogP contribution in [0.5, 0.6) is 0 Å². The maximum absolute atomic E-state index is 12.0. The maximum Gasteiger partial charge on any atom is 0.247 e. The lowest BCUT2D eigenvalue weighted by Gasteiger charge is -2.05.